The summed E-state index contributed by atoms with van der Waals surface area (Å²) in [5.74, 6) is 0.775. The van der Waals surface area contributed by atoms with Crippen molar-refractivity contribution in [1.82, 2.24) is 9.78 Å². The largest absolute Gasteiger partial charge is 0.491 e. The van der Waals surface area contributed by atoms with Crippen LogP contribution >= 0.6 is 0 Å². The highest BCUT2D eigenvalue weighted by molar-refractivity contribution is 5.20. The Hall–Kier alpha value is -1.81. The van der Waals surface area contributed by atoms with Gasteiger partial charge in [0.25, 0.3) is 0 Å². The van der Waals surface area contributed by atoms with Gasteiger partial charge in [-0.25, -0.2) is 0 Å². The fourth-order valence-corrected chi connectivity index (χ4v) is 2.09. The molecule has 0 aliphatic carbocycles. The molecule has 1 unspecified atom stereocenters. The van der Waals surface area contributed by atoms with Crippen LogP contribution in [0.15, 0.2) is 36.4 Å². The summed E-state index contributed by atoms with van der Waals surface area (Å²) in [7, 11) is 0. The van der Waals surface area contributed by atoms with Crippen molar-refractivity contribution < 1.29 is 9.84 Å². The number of aliphatic hydroxyl groups excluding tert-OH is 1. The molecule has 2 aromatic rings. The first-order valence-electron chi connectivity index (χ1n) is 7.14. The summed E-state index contributed by atoms with van der Waals surface area (Å²) in [6.07, 6.45) is 1.26. The van der Waals surface area contributed by atoms with Gasteiger partial charge in [0.1, 0.15) is 18.5 Å². The molecule has 4 heteroatoms. The fraction of sp³-hybridized carbons (Fsp3) is 0.438. The van der Waals surface area contributed by atoms with Gasteiger partial charge in [0.05, 0.1) is 12.2 Å². The van der Waals surface area contributed by atoms with Gasteiger partial charge in [-0.15, -0.1) is 0 Å². The topological polar surface area (TPSA) is 47.3 Å². The van der Waals surface area contributed by atoms with E-state index in [9.17, 15) is 5.11 Å². The van der Waals surface area contributed by atoms with Crippen LogP contribution in [0.4, 0.5) is 0 Å². The lowest BCUT2D eigenvalue weighted by molar-refractivity contribution is 0.0885. The van der Waals surface area contributed by atoms with Crippen LogP contribution in [0.5, 0.6) is 5.75 Å². The molecule has 0 amide bonds. The smallest absolute Gasteiger partial charge is 0.119 e. The molecule has 1 heterocycles. The number of nitrogens with zero attached hydrogens (tertiary/aromatic N) is 2. The third-order valence-corrected chi connectivity index (χ3v) is 3.21. The Morgan fingerprint density at radius 1 is 1.20 bits per heavy atom. The van der Waals surface area contributed by atoms with Crippen molar-refractivity contribution in [2.75, 3.05) is 6.61 Å². The molecule has 0 aliphatic heterocycles. The Balaban J connectivity index is 1.91. The van der Waals surface area contributed by atoms with E-state index in [-0.39, 0.29) is 6.61 Å². The van der Waals surface area contributed by atoms with Crippen molar-refractivity contribution in [3.63, 3.8) is 0 Å². The zero-order valence-corrected chi connectivity index (χ0v) is 12.1. The Morgan fingerprint density at radius 3 is 2.60 bits per heavy atom. The van der Waals surface area contributed by atoms with Crippen LogP contribution in [0.25, 0.3) is 0 Å². The van der Waals surface area contributed by atoms with Crippen LogP contribution in [0.3, 0.4) is 0 Å². The molecule has 4 nitrogen and oxygen atoms in total. The van der Waals surface area contributed by atoms with Crippen LogP contribution in [-0.4, -0.2) is 27.6 Å². The highest BCUT2D eigenvalue weighted by atomic mass is 16.5. The van der Waals surface area contributed by atoms with Crippen molar-refractivity contribution in [3.05, 3.63) is 47.8 Å². The van der Waals surface area contributed by atoms with E-state index in [1.54, 1.807) is 0 Å². The lowest BCUT2D eigenvalue weighted by Gasteiger charge is -2.14. The van der Waals surface area contributed by atoms with Crippen LogP contribution in [0, 0.1) is 0 Å². The van der Waals surface area contributed by atoms with E-state index in [1.165, 1.54) is 0 Å². The maximum absolute atomic E-state index is 10.1. The van der Waals surface area contributed by atoms with Crippen LogP contribution in [0.1, 0.15) is 25.2 Å². The standard InChI is InChI=1S/C16H22N2O2/c1-3-13-10-14(4-2)18(17-13)11-15(19)12-20-16-8-6-5-7-9-16/h5-10,15,19H,3-4,11-12H2,1-2H3. The second kappa shape index (κ2) is 7.10. The van der Waals surface area contributed by atoms with Gasteiger partial charge >= 0.3 is 0 Å². The summed E-state index contributed by atoms with van der Waals surface area (Å²) < 4.78 is 7.44. The van der Waals surface area contributed by atoms with E-state index >= 15 is 0 Å². The minimum atomic E-state index is -0.565. The molecular weight excluding hydrogens is 252 g/mol. The van der Waals surface area contributed by atoms with Gasteiger partial charge in [-0.1, -0.05) is 32.0 Å². The molecule has 0 spiro atoms. The number of rotatable bonds is 7. The third-order valence-electron chi connectivity index (χ3n) is 3.21. The molecule has 0 saturated carbocycles. The number of para-hydroxylation sites is 1. The van der Waals surface area contributed by atoms with Crippen LogP contribution in [-0.2, 0) is 19.4 Å². The summed E-state index contributed by atoms with van der Waals surface area (Å²) in [5.41, 5.74) is 2.22. The number of benzene rings is 1. The zero-order chi connectivity index (χ0) is 14.4. The quantitative estimate of drug-likeness (QED) is 0.843. The molecule has 108 valence electrons. The molecule has 2 rings (SSSR count). The van der Waals surface area contributed by atoms with E-state index in [0.29, 0.717) is 6.54 Å². The molecule has 0 fully saturated rings. The minimum Gasteiger partial charge on any atom is -0.491 e. The predicted octanol–water partition coefficient (Wildman–Crippen LogP) is 2.45. The average molecular weight is 274 g/mol. The normalized spacial score (nSPS) is 12.3. The van der Waals surface area contributed by atoms with E-state index < -0.39 is 6.10 Å². The molecule has 0 bridgehead atoms. The first-order valence-corrected chi connectivity index (χ1v) is 7.14. The van der Waals surface area contributed by atoms with E-state index in [1.807, 2.05) is 35.0 Å². The van der Waals surface area contributed by atoms with E-state index in [2.05, 4.69) is 25.0 Å². The zero-order valence-electron chi connectivity index (χ0n) is 12.1. The first-order chi connectivity index (χ1) is 9.72. The van der Waals surface area contributed by atoms with Crippen molar-refractivity contribution in [1.29, 1.82) is 0 Å². The number of hydrogen-bond acceptors (Lipinski definition) is 3. The predicted molar refractivity (Wildman–Crippen MR) is 78.9 cm³/mol. The molecule has 1 aromatic carbocycles. The second-order valence-electron chi connectivity index (χ2n) is 4.79. The average Bonchev–Trinajstić information content (AvgIpc) is 2.88. The Morgan fingerprint density at radius 2 is 1.95 bits per heavy atom. The maximum Gasteiger partial charge on any atom is 0.119 e. The summed E-state index contributed by atoms with van der Waals surface area (Å²) in [5, 5.41) is 14.6. The van der Waals surface area contributed by atoms with Gasteiger partial charge in [0.15, 0.2) is 0 Å². The van der Waals surface area contributed by atoms with Gasteiger partial charge in [-0.2, -0.15) is 5.10 Å². The number of ether oxygens (including phenoxy) is 1. The Labute approximate surface area is 120 Å². The Bertz CT molecular complexity index is 523. The summed E-state index contributed by atoms with van der Waals surface area (Å²) in [6.45, 7) is 4.92. The van der Waals surface area contributed by atoms with Crippen molar-refractivity contribution >= 4 is 0 Å². The summed E-state index contributed by atoms with van der Waals surface area (Å²) in [6, 6.07) is 11.6. The molecule has 20 heavy (non-hydrogen) atoms. The number of aryl methyl sites for hydroxylation is 2. The molecule has 0 saturated heterocycles. The highest BCUT2D eigenvalue weighted by Gasteiger charge is 2.11. The maximum atomic E-state index is 10.1. The van der Waals surface area contributed by atoms with Gasteiger partial charge < -0.3 is 9.84 Å². The molecule has 0 aliphatic rings. The van der Waals surface area contributed by atoms with Gasteiger partial charge in [0, 0.05) is 5.69 Å². The highest BCUT2D eigenvalue weighted by Crippen LogP contribution is 2.10. The lowest BCUT2D eigenvalue weighted by atomic mass is 10.2. The SMILES string of the molecule is CCc1cc(CC)n(CC(O)COc2ccccc2)n1. The summed E-state index contributed by atoms with van der Waals surface area (Å²) in [4.78, 5) is 0. The Kier molecular flexibility index (Phi) is 5.18. The number of hydrogen-bond donors (Lipinski definition) is 1. The molecule has 1 N–H and O–H groups in total. The number of aromatic nitrogens is 2. The van der Waals surface area contributed by atoms with E-state index in [4.69, 9.17) is 4.74 Å². The van der Waals surface area contributed by atoms with Crippen molar-refractivity contribution in [3.8, 4) is 5.75 Å². The third kappa shape index (κ3) is 3.84. The van der Waals surface area contributed by atoms with Crippen molar-refractivity contribution in [2.45, 2.75) is 39.3 Å². The molecule has 1 aromatic heterocycles. The first kappa shape index (κ1) is 14.6. The van der Waals surface area contributed by atoms with E-state index in [0.717, 1.165) is 30.0 Å². The van der Waals surface area contributed by atoms with Gasteiger partial charge in [-0.3, -0.25) is 4.68 Å². The van der Waals surface area contributed by atoms with Crippen LogP contribution in [0.2, 0.25) is 0 Å². The van der Waals surface area contributed by atoms with Gasteiger partial charge in [0.2, 0.25) is 0 Å². The fourth-order valence-electron chi connectivity index (χ4n) is 2.09. The minimum absolute atomic E-state index is 0.272. The van der Waals surface area contributed by atoms with Crippen LogP contribution < -0.4 is 4.74 Å². The molecule has 0 radical (unpaired) electrons. The molecule has 1 atom stereocenters. The van der Waals surface area contributed by atoms with Crippen molar-refractivity contribution in [2.24, 2.45) is 0 Å². The monoisotopic (exact) mass is 274 g/mol. The molecular formula is C16H22N2O2. The van der Waals surface area contributed by atoms with Gasteiger partial charge in [-0.05, 0) is 31.0 Å². The second-order valence-corrected chi connectivity index (χ2v) is 4.79. The summed E-state index contributed by atoms with van der Waals surface area (Å²) >= 11 is 0. The lowest BCUT2D eigenvalue weighted by Crippen LogP contribution is -2.25. The number of aliphatic hydroxyl groups is 1.